The average molecular weight is 1060 g/mol. The van der Waals surface area contributed by atoms with Crippen molar-refractivity contribution in [2.24, 2.45) is 9.49 Å². The van der Waals surface area contributed by atoms with Gasteiger partial charge in [-0.25, -0.2) is 5.09 Å². The molecule has 0 aliphatic heterocycles. The van der Waals surface area contributed by atoms with Crippen molar-refractivity contribution in [1.29, 1.82) is 0 Å². The Balaban J connectivity index is 1.02. The molecule has 12 aromatic carbocycles. The molecule has 0 saturated carbocycles. The highest BCUT2D eigenvalue weighted by atomic mass is 31.2. The summed E-state index contributed by atoms with van der Waals surface area (Å²) < 4.78 is 11.9. The van der Waals surface area contributed by atoms with Crippen LogP contribution in [-0.2, 0) is 0 Å². The van der Waals surface area contributed by atoms with Crippen LogP contribution in [0.4, 0.5) is 17.1 Å². The zero-order chi connectivity index (χ0) is 52.5. The Morgan fingerprint density at radius 1 is 0.231 bits per heavy atom. The summed E-state index contributed by atoms with van der Waals surface area (Å²) in [6.07, 6.45) is 0. The van der Waals surface area contributed by atoms with E-state index in [1.54, 1.807) is 0 Å². The molecule has 12 rings (SSSR count). The quantitative estimate of drug-likeness (QED) is 0.102. The number of benzene rings is 12. The van der Waals surface area contributed by atoms with Crippen LogP contribution in [-0.4, -0.2) is 0 Å². The maximum absolute atomic E-state index is 6.13. The molecule has 374 valence electrons. The third-order valence-electron chi connectivity index (χ3n) is 14.4. The second kappa shape index (κ2) is 22.9. The lowest BCUT2D eigenvalue weighted by molar-refractivity contribution is 1.52. The molecule has 6 heteroatoms. The van der Waals surface area contributed by atoms with Crippen LogP contribution in [0.1, 0.15) is 0 Å². The minimum atomic E-state index is -2.65. The summed E-state index contributed by atoms with van der Waals surface area (Å²) >= 11 is 0. The van der Waals surface area contributed by atoms with E-state index in [-0.39, 0.29) is 0 Å². The number of rotatable bonds is 15. The molecule has 12 aromatic rings. The van der Waals surface area contributed by atoms with Crippen LogP contribution in [0, 0.1) is 0 Å². The van der Waals surface area contributed by atoms with Crippen molar-refractivity contribution in [3.05, 3.63) is 340 Å². The fourth-order valence-corrected chi connectivity index (χ4v) is 21.4. The molecule has 0 unspecified atom stereocenters. The van der Waals surface area contributed by atoms with Crippen molar-refractivity contribution in [3.63, 3.8) is 0 Å². The molecular formula is C72H57N3P3+. The molecule has 0 radical (unpaired) electrons. The molecule has 0 atom stereocenters. The second-order valence-electron chi connectivity index (χ2n) is 19.2. The number of anilines is 1. The number of hydrogen-bond acceptors (Lipinski definition) is 3. The van der Waals surface area contributed by atoms with Gasteiger partial charge >= 0.3 is 0 Å². The third-order valence-corrected chi connectivity index (χ3v) is 25.5. The van der Waals surface area contributed by atoms with Gasteiger partial charge in [0.05, 0.1) is 31.2 Å². The molecule has 1 N–H and O–H groups in total. The molecule has 0 heterocycles. The van der Waals surface area contributed by atoms with Crippen molar-refractivity contribution < 1.29 is 0 Å². The summed E-state index contributed by atoms with van der Waals surface area (Å²) in [5, 5.41) is 15.3. The van der Waals surface area contributed by atoms with Crippen LogP contribution < -0.4 is 52.8 Å². The zero-order valence-corrected chi connectivity index (χ0v) is 45.8. The van der Waals surface area contributed by atoms with Gasteiger partial charge in [-0.05, 0) is 89.0 Å². The van der Waals surface area contributed by atoms with Crippen LogP contribution in [0.2, 0.25) is 0 Å². The number of nitrogens with one attached hydrogen (secondary N) is 1. The van der Waals surface area contributed by atoms with Gasteiger partial charge in [-0.3, -0.25) is 9.49 Å². The van der Waals surface area contributed by atoms with Gasteiger partial charge in [0.25, 0.3) is 0 Å². The number of nitrogens with zero attached hydrogens (tertiary/aromatic N) is 2. The summed E-state index contributed by atoms with van der Waals surface area (Å²) in [5.74, 6) is 0. The molecule has 0 bridgehead atoms. The summed E-state index contributed by atoms with van der Waals surface area (Å²) in [6, 6.07) is 123. The molecule has 0 aromatic heterocycles. The average Bonchev–Trinajstić information content (AvgIpc) is 3.61. The molecule has 0 amide bonds. The van der Waals surface area contributed by atoms with E-state index in [1.807, 2.05) is 0 Å². The van der Waals surface area contributed by atoms with Crippen molar-refractivity contribution in [3.8, 4) is 22.3 Å². The maximum atomic E-state index is 6.13. The van der Waals surface area contributed by atoms with E-state index < -0.39 is 21.5 Å². The summed E-state index contributed by atoms with van der Waals surface area (Å²) in [6.45, 7) is 0. The van der Waals surface area contributed by atoms with Crippen LogP contribution in [0.25, 0.3) is 22.3 Å². The molecule has 0 aliphatic rings. The Morgan fingerprint density at radius 2 is 0.487 bits per heavy atom. The van der Waals surface area contributed by atoms with E-state index in [2.05, 4.69) is 345 Å². The Kier molecular flexibility index (Phi) is 14.7. The molecular weight excluding hydrogens is 1000 g/mol. The molecule has 0 fully saturated rings. The van der Waals surface area contributed by atoms with E-state index in [0.717, 1.165) is 39.3 Å². The topological polar surface area (TPSA) is 36.8 Å². The van der Waals surface area contributed by atoms with E-state index in [1.165, 1.54) is 47.7 Å². The minimum Gasteiger partial charge on any atom is -0.254 e. The molecule has 0 aliphatic carbocycles. The van der Waals surface area contributed by atoms with Crippen LogP contribution >= 0.6 is 21.5 Å². The van der Waals surface area contributed by atoms with Crippen LogP contribution in [0.15, 0.2) is 349 Å². The first-order valence-electron chi connectivity index (χ1n) is 26.4. The maximum Gasteiger partial charge on any atom is 0.199 e. The second-order valence-corrected chi connectivity index (χ2v) is 28.3. The first-order chi connectivity index (χ1) is 38.6. The monoisotopic (exact) mass is 1060 g/mol. The third kappa shape index (κ3) is 9.97. The van der Waals surface area contributed by atoms with E-state index in [4.69, 9.17) is 9.49 Å². The number of hydrogen-bond donors (Lipinski definition) is 1. The fourth-order valence-electron chi connectivity index (χ4n) is 10.7. The van der Waals surface area contributed by atoms with Crippen molar-refractivity contribution in [2.45, 2.75) is 0 Å². The predicted octanol–water partition coefficient (Wildman–Crippen LogP) is 16.0. The lowest BCUT2D eigenvalue weighted by Gasteiger charge is -2.29. The standard InChI is InChI=1S/C72H57N3P3/c1-10-28-64(29-11-1)76(65-30-12-2-13-31-65,66-32-14-3-15-33-66)73-61-52-50-58(51-53-61)57-46-48-59(49-47-57)60-54-62(74-77(67-34-16-4-17-35-67,68-36-18-5-19-37-68)69-38-20-6-21-39-69)56-63(55-60)75-78(70-40-22-7-23-41-70,71-42-24-8-25-43-71)72-44-26-9-27-45-72/h1-56,74H/q+1. The van der Waals surface area contributed by atoms with E-state index in [0.29, 0.717) is 0 Å². The van der Waals surface area contributed by atoms with Gasteiger partial charge in [-0.15, -0.1) is 0 Å². The normalized spacial score (nSPS) is 11.6. The van der Waals surface area contributed by atoms with Gasteiger partial charge in [0.1, 0.15) is 15.9 Å². The van der Waals surface area contributed by atoms with E-state index in [9.17, 15) is 0 Å². The molecule has 3 nitrogen and oxygen atoms in total. The highest BCUT2D eigenvalue weighted by molar-refractivity contribution is 7.96. The van der Waals surface area contributed by atoms with Crippen LogP contribution in [0.5, 0.6) is 0 Å². The van der Waals surface area contributed by atoms with Gasteiger partial charge in [-0.2, -0.15) is 0 Å². The lowest BCUT2D eigenvalue weighted by Crippen LogP contribution is -2.36. The Morgan fingerprint density at radius 3 is 0.795 bits per heavy atom. The van der Waals surface area contributed by atoms with Gasteiger partial charge in [0.15, 0.2) is 7.41 Å². The SMILES string of the molecule is c1ccc(P(=Nc2ccc(-c3ccc(-c4cc(N=P(c5ccccc5)(c5ccccc5)c5ccccc5)cc(N[P+](c5ccccc5)(c5ccccc5)c5ccccc5)c4)cc3)cc2)(c2ccccc2)c2ccccc2)cc1. The zero-order valence-electron chi connectivity index (χ0n) is 43.1. The van der Waals surface area contributed by atoms with Gasteiger partial charge in [0, 0.05) is 31.8 Å². The van der Waals surface area contributed by atoms with Crippen molar-refractivity contribution in [2.75, 3.05) is 5.09 Å². The molecule has 0 saturated heterocycles. The van der Waals surface area contributed by atoms with Gasteiger partial charge < -0.3 is 0 Å². The van der Waals surface area contributed by atoms with E-state index >= 15 is 0 Å². The lowest BCUT2D eigenvalue weighted by atomic mass is 9.99. The Bertz CT molecular complexity index is 3700. The highest BCUT2D eigenvalue weighted by Gasteiger charge is 2.46. The Labute approximate surface area is 460 Å². The first-order valence-corrected chi connectivity index (χ1v) is 31.7. The molecule has 0 spiro atoms. The minimum absolute atomic E-state index is 0.899. The fraction of sp³-hybridized carbons (Fsp3) is 0. The van der Waals surface area contributed by atoms with Gasteiger partial charge in [-0.1, -0.05) is 273 Å². The molecule has 78 heavy (non-hydrogen) atoms. The van der Waals surface area contributed by atoms with Crippen molar-refractivity contribution in [1.82, 2.24) is 0 Å². The highest BCUT2D eigenvalue weighted by Crippen LogP contribution is 2.57. The first kappa shape index (κ1) is 50.2. The van der Waals surface area contributed by atoms with Gasteiger partial charge in [0.2, 0.25) is 0 Å². The predicted molar refractivity (Wildman–Crippen MR) is 341 cm³/mol. The summed E-state index contributed by atoms with van der Waals surface area (Å²) in [4.78, 5) is 0. The summed E-state index contributed by atoms with van der Waals surface area (Å²) in [7, 11) is -7.62. The largest absolute Gasteiger partial charge is 0.254 e. The smallest absolute Gasteiger partial charge is 0.199 e. The van der Waals surface area contributed by atoms with Crippen LogP contribution in [0.3, 0.4) is 0 Å². The Hall–Kier alpha value is -8.67. The van der Waals surface area contributed by atoms with Crippen molar-refractivity contribution >= 4 is 86.3 Å². The summed E-state index contributed by atoms with van der Waals surface area (Å²) in [5.41, 5.74) is 7.26.